The molecule has 1 atom stereocenters. The quantitative estimate of drug-likeness (QED) is 0.735. The van der Waals surface area contributed by atoms with Gasteiger partial charge in [0.25, 0.3) is 0 Å². The van der Waals surface area contributed by atoms with Crippen molar-refractivity contribution in [1.82, 2.24) is 20.1 Å². The lowest BCUT2D eigenvalue weighted by atomic mass is 10.3. The van der Waals surface area contributed by atoms with Gasteiger partial charge in [-0.2, -0.15) is 0 Å². The van der Waals surface area contributed by atoms with Gasteiger partial charge in [0, 0.05) is 25.6 Å². The monoisotopic (exact) mass is 298 g/mol. The summed E-state index contributed by atoms with van der Waals surface area (Å²) < 4.78 is 7.11. The predicted octanol–water partition coefficient (Wildman–Crippen LogP) is 1.42. The second-order valence-electron chi connectivity index (χ2n) is 5.07. The van der Waals surface area contributed by atoms with Gasteiger partial charge in [0.15, 0.2) is 5.16 Å². The van der Waals surface area contributed by atoms with Gasteiger partial charge >= 0.3 is 0 Å². The van der Waals surface area contributed by atoms with E-state index < -0.39 is 0 Å². The number of amides is 1. The Morgan fingerprint density at radius 3 is 2.90 bits per heavy atom. The van der Waals surface area contributed by atoms with Crippen LogP contribution in [0.15, 0.2) is 5.16 Å². The van der Waals surface area contributed by atoms with Gasteiger partial charge in [0.05, 0.1) is 12.4 Å². The van der Waals surface area contributed by atoms with Crippen LogP contribution in [0.1, 0.15) is 38.4 Å². The number of methoxy groups -OCH3 is 1. The molecular formula is C13H22N4O2S. The second kappa shape index (κ2) is 7.08. The number of rotatable bonds is 8. The Morgan fingerprint density at radius 2 is 2.30 bits per heavy atom. The fraction of sp³-hybridized carbons (Fsp3) is 0.769. The molecule has 2 rings (SSSR count). The Morgan fingerprint density at radius 1 is 1.55 bits per heavy atom. The number of nitrogens with zero attached hydrogens (tertiary/aromatic N) is 3. The van der Waals surface area contributed by atoms with Crippen LogP contribution in [0.2, 0.25) is 0 Å². The van der Waals surface area contributed by atoms with E-state index in [1.807, 2.05) is 6.92 Å². The average molecular weight is 298 g/mol. The van der Waals surface area contributed by atoms with Gasteiger partial charge in [-0.25, -0.2) is 0 Å². The minimum Gasteiger partial charge on any atom is -0.383 e. The summed E-state index contributed by atoms with van der Waals surface area (Å²) in [5.74, 6) is 2.00. The minimum atomic E-state index is -0.00169. The fourth-order valence-corrected chi connectivity index (χ4v) is 2.91. The molecule has 1 aliphatic rings. The first kappa shape index (κ1) is 15.3. The van der Waals surface area contributed by atoms with Crippen LogP contribution in [0.4, 0.5) is 0 Å². The van der Waals surface area contributed by atoms with Crippen LogP contribution in [-0.4, -0.2) is 46.2 Å². The van der Waals surface area contributed by atoms with Crippen LogP contribution < -0.4 is 5.32 Å². The van der Waals surface area contributed by atoms with E-state index in [0.717, 1.165) is 17.5 Å². The zero-order chi connectivity index (χ0) is 14.5. The third kappa shape index (κ3) is 3.96. The lowest BCUT2D eigenvalue weighted by Crippen LogP contribution is -2.36. The fourth-order valence-electron chi connectivity index (χ4n) is 2.09. The first-order valence-corrected chi connectivity index (χ1v) is 7.98. The zero-order valence-electron chi connectivity index (χ0n) is 12.3. The number of aromatic nitrogens is 3. The highest BCUT2D eigenvalue weighted by Crippen LogP contribution is 2.39. The Balaban J connectivity index is 1.85. The number of carbonyl (C=O) groups is 1. The third-order valence-electron chi connectivity index (χ3n) is 3.16. The number of ether oxygens (including phenoxy) is 1. The molecule has 1 fully saturated rings. The van der Waals surface area contributed by atoms with E-state index >= 15 is 0 Å². The zero-order valence-corrected chi connectivity index (χ0v) is 13.1. The molecule has 1 saturated carbocycles. The largest absolute Gasteiger partial charge is 0.383 e. The van der Waals surface area contributed by atoms with Gasteiger partial charge in [0.1, 0.15) is 5.82 Å². The van der Waals surface area contributed by atoms with E-state index in [1.54, 1.807) is 7.11 Å². The van der Waals surface area contributed by atoms with E-state index in [4.69, 9.17) is 4.74 Å². The molecule has 112 valence electrons. The van der Waals surface area contributed by atoms with Gasteiger partial charge in [-0.05, 0) is 26.7 Å². The highest BCUT2D eigenvalue weighted by Gasteiger charge is 2.30. The number of hydrogen-bond donors (Lipinski definition) is 1. The van der Waals surface area contributed by atoms with Crippen molar-refractivity contribution in [2.75, 3.05) is 19.5 Å². The standard InChI is InChI=1S/C13H22N4O2S/c1-4-17-12(10-5-6-10)15-16-13(17)20-8-11(18)14-9(2)7-19-3/h9-10H,4-8H2,1-3H3,(H,14,18). The highest BCUT2D eigenvalue weighted by atomic mass is 32.2. The molecule has 1 N–H and O–H groups in total. The van der Waals surface area contributed by atoms with Crippen molar-refractivity contribution in [3.05, 3.63) is 5.82 Å². The minimum absolute atomic E-state index is 0.00169. The molecule has 7 heteroatoms. The second-order valence-corrected chi connectivity index (χ2v) is 6.01. The summed E-state index contributed by atoms with van der Waals surface area (Å²) in [4.78, 5) is 11.8. The molecule has 1 heterocycles. The molecular weight excluding hydrogens is 276 g/mol. The summed E-state index contributed by atoms with van der Waals surface area (Å²) in [6.07, 6.45) is 2.41. The summed E-state index contributed by atoms with van der Waals surface area (Å²) in [7, 11) is 1.63. The predicted molar refractivity (Wildman–Crippen MR) is 77.9 cm³/mol. The topological polar surface area (TPSA) is 69.0 Å². The first-order chi connectivity index (χ1) is 9.65. The van der Waals surface area contributed by atoms with Crippen molar-refractivity contribution in [1.29, 1.82) is 0 Å². The van der Waals surface area contributed by atoms with Crippen LogP contribution in [0.25, 0.3) is 0 Å². The molecule has 0 radical (unpaired) electrons. The van der Waals surface area contributed by atoms with Crippen LogP contribution >= 0.6 is 11.8 Å². The SMILES string of the molecule is CCn1c(SCC(=O)NC(C)COC)nnc1C1CC1. The van der Waals surface area contributed by atoms with E-state index in [2.05, 4.69) is 27.0 Å². The van der Waals surface area contributed by atoms with Gasteiger partial charge in [-0.3, -0.25) is 4.79 Å². The van der Waals surface area contributed by atoms with Crippen LogP contribution in [-0.2, 0) is 16.1 Å². The molecule has 1 aliphatic carbocycles. The van der Waals surface area contributed by atoms with Gasteiger partial charge in [-0.1, -0.05) is 11.8 Å². The Labute approximate surface area is 123 Å². The van der Waals surface area contributed by atoms with E-state index in [0.29, 0.717) is 18.3 Å². The maximum atomic E-state index is 11.8. The van der Waals surface area contributed by atoms with Crippen molar-refractivity contribution in [2.24, 2.45) is 0 Å². The summed E-state index contributed by atoms with van der Waals surface area (Å²) in [6, 6.07) is 0.0270. The molecule has 20 heavy (non-hydrogen) atoms. The summed E-state index contributed by atoms with van der Waals surface area (Å²) in [5, 5.41) is 12.2. The number of hydrogen-bond acceptors (Lipinski definition) is 5. The molecule has 1 aromatic heterocycles. The molecule has 0 spiro atoms. The van der Waals surface area contributed by atoms with Crippen molar-refractivity contribution >= 4 is 17.7 Å². The normalized spacial score (nSPS) is 16.1. The van der Waals surface area contributed by atoms with Gasteiger partial charge < -0.3 is 14.6 Å². The van der Waals surface area contributed by atoms with Crippen molar-refractivity contribution in [3.63, 3.8) is 0 Å². The summed E-state index contributed by atoms with van der Waals surface area (Å²) in [5.41, 5.74) is 0. The van der Waals surface area contributed by atoms with Crippen LogP contribution in [0.5, 0.6) is 0 Å². The number of nitrogens with one attached hydrogen (secondary N) is 1. The lowest BCUT2D eigenvalue weighted by Gasteiger charge is -2.12. The lowest BCUT2D eigenvalue weighted by molar-refractivity contribution is -0.119. The van der Waals surface area contributed by atoms with Crippen molar-refractivity contribution < 1.29 is 9.53 Å². The molecule has 6 nitrogen and oxygen atoms in total. The number of carbonyl (C=O) groups excluding carboxylic acids is 1. The maximum absolute atomic E-state index is 11.8. The smallest absolute Gasteiger partial charge is 0.230 e. The maximum Gasteiger partial charge on any atom is 0.230 e. The molecule has 0 saturated heterocycles. The van der Waals surface area contributed by atoms with Gasteiger partial charge in [-0.15, -0.1) is 10.2 Å². The molecule has 0 aliphatic heterocycles. The summed E-state index contributed by atoms with van der Waals surface area (Å²) in [6.45, 7) is 5.38. The molecule has 1 unspecified atom stereocenters. The van der Waals surface area contributed by atoms with Gasteiger partial charge in [0.2, 0.25) is 5.91 Å². The Hall–Kier alpha value is -1.08. The average Bonchev–Trinajstić information content (AvgIpc) is 3.17. The van der Waals surface area contributed by atoms with E-state index in [1.165, 1.54) is 24.6 Å². The molecule has 0 bridgehead atoms. The summed E-state index contributed by atoms with van der Waals surface area (Å²) >= 11 is 1.44. The molecule has 0 aromatic carbocycles. The van der Waals surface area contributed by atoms with Crippen LogP contribution in [0.3, 0.4) is 0 Å². The molecule has 1 amide bonds. The third-order valence-corrected chi connectivity index (χ3v) is 4.13. The highest BCUT2D eigenvalue weighted by molar-refractivity contribution is 7.99. The van der Waals surface area contributed by atoms with E-state index in [-0.39, 0.29) is 11.9 Å². The Bertz CT molecular complexity index is 459. The number of thioether (sulfide) groups is 1. The van der Waals surface area contributed by atoms with Crippen molar-refractivity contribution in [2.45, 2.75) is 50.4 Å². The van der Waals surface area contributed by atoms with Crippen LogP contribution in [0, 0.1) is 0 Å². The Kier molecular flexibility index (Phi) is 5.42. The first-order valence-electron chi connectivity index (χ1n) is 6.99. The van der Waals surface area contributed by atoms with Crippen molar-refractivity contribution in [3.8, 4) is 0 Å². The molecule has 1 aromatic rings. The van der Waals surface area contributed by atoms with E-state index in [9.17, 15) is 4.79 Å².